The highest BCUT2D eigenvalue weighted by Gasteiger charge is 2.34. The molecule has 2 amide bonds. The van der Waals surface area contributed by atoms with Gasteiger partial charge in [0.1, 0.15) is 10.6 Å². The number of thiophene rings is 1. The maximum Gasteiger partial charge on any atom is 0.268 e. The van der Waals surface area contributed by atoms with Gasteiger partial charge < -0.3 is 10.1 Å². The zero-order chi connectivity index (χ0) is 20.7. The number of aromatic nitrogens is 2. The second-order valence-corrected chi connectivity index (χ2v) is 8.63. The van der Waals surface area contributed by atoms with E-state index in [9.17, 15) is 9.59 Å². The standard InChI is InChI=1S/C21H24N4O3S/c1-12(2)10-25-21-14(13(3)23-25)9-18(29-21)20(27)24-11-17(19(26)22-4)28-16-8-6-5-7-15(16)24/h5-9,12,17H,10-11H2,1-4H3,(H,22,26)/t17-/m0/s1. The zero-order valence-electron chi connectivity index (χ0n) is 16.9. The van der Waals surface area contributed by atoms with E-state index in [-0.39, 0.29) is 18.4 Å². The Balaban J connectivity index is 1.72. The van der Waals surface area contributed by atoms with Crippen LogP contribution in [0.15, 0.2) is 30.3 Å². The number of hydrogen-bond acceptors (Lipinski definition) is 5. The summed E-state index contributed by atoms with van der Waals surface area (Å²) in [5.74, 6) is 0.602. The van der Waals surface area contributed by atoms with Crippen molar-refractivity contribution in [3.8, 4) is 5.75 Å². The van der Waals surface area contributed by atoms with E-state index < -0.39 is 6.10 Å². The number of amides is 2. The van der Waals surface area contributed by atoms with Crippen molar-refractivity contribution in [2.75, 3.05) is 18.5 Å². The van der Waals surface area contributed by atoms with Crippen LogP contribution in [-0.4, -0.2) is 41.3 Å². The summed E-state index contributed by atoms with van der Waals surface area (Å²) in [6, 6.07) is 9.22. The van der Waals surface area contributed by atoms with Gasteiger partial charge in [-0.25, -0.2) is 0 Å². The minimum absolute atomic E-state index is 0.133. The topological polar surface area (TPSA) is 76.5 Å². The van der Waals surface area contributed by atoms with Crippen LogP contribution in [0, 0.1) is 12.8 Å². The van der Waals surface area contributed by atoms with Crippen LogP contribution in [0.2, 0.25) is 0 Å². The number of carbonyl (C=O) groups is 2. The van der Waals surface area contributed by atoms with E-state index in [1.807, 2.05) is 35.9 Å². The average molecular weight is 413 g/mol. The Morgan fingerprint density at radius 1 is 1.34 bits per heavy atom. The Kier molecular flexibility index (Phi) is 5.04. The number of nitrogens with one attached hydrogen (secondary N) is 1. The quantitative estimate of drug-likeness (QED) is 0.714. The molecule has 7 nitrogen and oxygen atoms in total. The third kappa shape index (κ3) is 3.48. The summed E-state index contributed by atoms with van der Waals surface area (Å²) in [4.78, 5) is 28.9. The molecule has 29 heavy (non-hydrogen) atoms. The molecule has 0 saturated heterocycles. The molecule has 1 N–H and O–H groups in total. The van der Waals surface area contributed by atoms with Gasteiger partial charge in [-0.3, -0.25) is 19.2 Å². The molecule has 0 fully saturated rings. The Hall–Kier alpha value is -2.87. The molecule has 0 unspecified atom stereocenters. The molecule has 3 heterocycles. The summed E-state index contributed by atoms with van der Waals surface area (Å²) in [7, 11) is 1.56. The second-order valence-electron chi connectivity index (χ2n) is 7.60. The Bertz CT molecular complexity index is 1080. The van der Waals surface area contributed by atoms with E-state index in [0.29, 0.717) is 22.2 Å². The lowest BCUT2D eigenvalue weighted by molar-refractivity contribution is -0.127. The molecule has 8 heteroatoms. The molecule has 1 atom stereocenters. The molecule has 0 saturated carbocycles. The molecule has 0 aliphatic carbocycles. The van der Waals surface area contributed by atoms with Crippen LogP contribution in [0.1, 0.15) is 29.2 Å². The summed E-state index contributed by atoms with van der Waals surface area (Å²) >= 11 is 1.45. The number of benzene rings is 1. The molecule has 0 radical (unpaired) electrons. The van der Waals surface area contributed by atoms with Crippen LogP contribution >= 0.6 is 11.3 Å². The van der Waals surface area contributed by atoms with Gasteiger partial charge in [0.2, 0.25) is 0 Å². The van der Waals surface area contributed by atoms with Gasteiger partial charge in [0.25, 0.3) is 11.8 Å². The second kappa shape index (κ2) is 7.51. The van der Waals surface area contributed by atoms with Crippen molar-refractivity contribution in [3.05, 3.63) is 40.9 Å². The third-order valence-electron chi connectivity index (χ3n) is 4.91. The van der Waals surface area contributed by atoms with Gasteiger partial charge in [0, 0.05) is 19.0 Å². The first-order chi connectivity index (χ1) is 13.9. The minimum Gasteiger partial charge on any atom is -0.477 e. The highest BCUT2D eigenvalue weighted by atomic mass is 32.1. The van der Waals surface area contributed by atoms with Crippen molar-refractivity contribution in [1.82, 2.24) is 15.1 Å². The van der Waals surface area contributed by atoms with Crippen molar-refractivity contribution in [3.63, 3.8) is 0 Å². The number of carbonyl (C=O) groups excluding carboxylic acids is 2. The van der Waals surface area contributed by atoms with Crippen LogP contribution in [0.25, 0.3) is 10.2 Å². The van der Waals surface area contributed by atoms with Gasteiger partial charge >= 0.3 is 0 Å². The Labute approximate surface area is 173 Å². The molecule has 152 valence electrons. The first-order valence-electron chi connectivity index (χ1n) is 9.65. The van der Waals surface area contributed by atoms with Crippen LogP contribution in [-0.2, 0) is 11.3 Å². The van der Waals surface area contributed by atoms with E-state index in [1.165, 1.54) is 11.3 Å². The van der Waals surface area contributed by atoms with Gasteiger partial charge in [0.05, 0.1) is 22.8 Å². The summed E-state index contributed by atoms with van der Waals surface area (Å²) in [6.45, 7) is 7.22. The van der Waals surface area contributed by atoms with E-state index >= 15 is 0 Å². The van der Waals surface area contributed by atoms with Crippen molar-refractivity contribution in [1.29, 1.82) is 0 Å². The first kappa shape index (κ1) is 19.4. The van der Waals surface area contributed by atoms with Crippen LogP contribution in [0.4, 0.5) is 5.69 Å². The first-order valence-corrected chi connectivity index (χ1v) is 10.5. The number of ether oxygens (including phenoxy) is 1. The molecule has 3 aromatic rings. The van der Waals surface area contributed by atoms with E-state index in [1.54, 1.807) is 18.0 Å². The number of aryl methyl sites for hydroxylation is 1. The van der Waals surface area contributed by atoms with Crippen LogP contribution in [0.3, 0.4) is 0 Å². The molecule has 1 aliphatic heterocycles. The molecule has 0 spiro atoms. The number of para-hydroxylation sites is 2. The van der Waals surface area contributed by atoms with Gasteiger partial charge in [-0.05, 0) is 31.0 Å². The van der Waals surface area contributed by atoms with Crippen LogP contribution in [0.5, 0.6) is 5.75 Å². The molecular formula is C21H24N4O3S. The molecular weight excluding hydrogens is 388 g/mol. The fourth-order valence-corrected chi connectivity index (χ4v) is 4.66. The maximum atomic E-state index is 13.5. The monoisotopic (exact) mass is 412 g/mol. The predicted molar refractivity (Wildman–Crippen MR) is 114 cm³/mol. The SMILES string of the molecule is CNC(=O)[C@@H]1CN(C(=O)c2cc3c(C)nn(CC(C)C)c3s2)c2ccccc2O1. The molecule has 1 aliphatic rings. The normalized spacial score (nSPS) is 16.0. The summed E-state index contributed by atoms with van der Waals surface area (Å²) in [5.41, 5.74) is 1.59. The Morgan fingerprint density at radius 2 is 2.10 bits per heavy atom. The van der Waals surface area contributed by atoms with Gasteiger partial charge in [0.15, 0.2) is 6.10 Å². The number of anilines is 1. The van der Waals surface area contributed by atoms with Crippen molar-refractivity contribution >= 4 is 39.1 Å². The molecule has 4 rings (SSSR count). The van der Waals surface area contributed by atoms with Crippen molar-refractivity contribution in [2.24, 2.45) is 5.92 Å². The lowest BCUT2D eigenvalue weighted by atomic mass is 10.1. The van der Waals surface area contributed by atoms with E-state index in [2.05, 4.69) is 24.3 Å². The fraction of sp³-hybridized carbons (Fsp3) is 0.381. The number of likely N-dealkylation sites (N-methyl/N-ethyl adjacent to an activating group) is 1. The lowest BCUT2D eigenvalue weighted by Crippen LogP contribution is -2.50. The predicted octanol–water partition coefficient (Wildman–Crippen LogP) is 3.22. The largest absolute Gasteiger partial charge is 0.477 e. The highest BCUT2D eigenvalue weighted by molar-refractivity contribution is 7.20. The summed E-state index contributed by atoms with van der Waals surface area (Å²) in [5, 5.41) is 8.22. The summed E-state index contributed by atoms with van der Waals surface area (Å²) in [6.07, 6.45) is -0.744. The maximum absolute atomic E-state index is 13.5. The molecule has 0 bridgehead atoms. The third-order valence-corrected chi connectivity index (χ3v) is 6.05. The number of nitrogens with zero attached hydrogens (tertiary/aromatic N) is 3. The average Bonchev–Trinajstić information content (AvgIpc) is 3.27. The van der Waals surface area contributed by atoms with E-state index in [4.69, 9.17) is 4.74 Å². The highest BCUT2D eigenvalue weighted by Crippen LogP contribution is 2.36. The lowest BCUT2D eigenvalue weighted by Gasteiger charge is -2.33. The van der Waals surface area contributed by atoms with Gasteiger partial charge in [-0.1, -0.05) is 26.0 Å². The smallest absolute Gasteiger partial charge is 0.268 e. The van der Waals surface area contributed by atoms with Gasteiger partial charge in [-0.15, -0.1) is 11.3 Å². The van der Waals surface area contributed by atoms with Gasteiger partial charge in [-0.2, -0.15) is 5.10 Å². The minimum atomic E-state index is -0.744. The van der Waals surface area contributed by atoms with Crippen LogP contribution < -0.4 is 15.0 Å². The zero-order valence-corrected chi connectivity index (χ0v) is 17.7. The molecule has 1 aromatic carbocycles. The number of rotatable bonds is 4. The molecule has 2 aromatic heterocycles. The van der Waals surface area contributed by atoms with Crippen molar-refractivity contribution < 1.29 is 14.3 Å². The number of fused-ring (bicyclic) bond motifs is 2. The van der Waals surface area contributed by atoms with Crippen molar-refractivity contribution in [2.45, 2.75) is 33.4 Å². The summed E-state index contributed by atoms with van der Waals surface area (Å²) < 4.78 is 7.79. The number of hydrogen-bond donors (Lipinski definition) is 1. The Morgan fingerprint density at radius 3 is 2.83 bits per heavy atom. The van der Waals surface area contributed by atoms with E-state index in [0.717, 1.165) is 22.5 Å². The fourth-order valence-electron chi connectivity index (χ4n) is 3.54.